The molecule has 1 aromatic rings. The summed E-state index contributed by atoms with van der Waals surface area (Å²) in [5.74, 6) is 0.750. The van der Waals surface area contributed by atoms with Crippen LogP contribution in [0.25, 0.3) is 0 Å². The highest BCUT2D eigenvalue weighted by molar-refractivity contribution is 8.24. The fourth-order valence-corrected chi connectivity index (χ4v) is 4.37. The topological polar surface area (TPSA) is 68.6 Å². The Balaban J connectivity index is 2.46. The summed E-state index contributed by atoms with van der Waals surface area (Å²) in [5, 5.41) is 9.22. The second-order valence-electron chi connectivity index (χ2n) is 3.83. The van der Waals surface area contributed by atoms with E-state index in [0.717, 1.165) is 9.79 Å². The number of hydrogen-bond acceptors (Lipinski definition) is 7. The lowest BCUT2D eigenvalue weighted by atomic mass is 10.3. The maximum atomic E-state index is 11.8. The van der Waals surface area contributed by atoms with Crippen molar-refractivity contribution in [1.82, 2.24) is 0 Å². The third-order valence-electron chi connectivity index (χ3n) is 2.66. The minimum absolute atomic E-state index is 0.00663. The van der Waals surface area contributed by atoms with E-state index in [9.17, 15) is 10.1 Å². The van der Waals surface area contributed by atoms with Gasteiger partial charge in [0.25, 0.3) is 0 Å². The highest BCUT2D eigenvalue weighted by Crippen LogP contribution is 2.58. The Labute approximate surface area is 131 Å². The smallest absolute Gasteiger partial charge is 0.350 e. The summed E-state index contributed by atoms with van der Waals surface area (Å²) >= 11 is 2.64. The van der Waals surface area contributed by atoms with Crippen LogP contribution < -0.4 is 9.47 Å². The molecule has 0 atom stereocenters. The Morgan fingerprint density at radius 3 is 2.10 bits per heavy atom. The number of thioether (sulfide) groups is 2. The average Bonchev–Trinajstić information content (AvgIpc) is 2.91. The van der Waals surface area contributed by atoms with Crippen LogP contribution in [0.4, 0.5) is 0 Å². The van der Waals surface area contributed by atoms with E-state index in [1.54, 1.807) is 33.3 Å². The molecule has 21 heavy (non-hydrogen) atoms. The second-order valence-corrected chi connectivity index (χ2v) is 6.13. The molecule has 0 N–H and O–H groups in total. The van der Waals surface area contributed by atoms with Crippen molar-refractivity contribution < 1.29 is 19.0 Å². The predicted octanol–water partition coefficient (Wildman–Crippen LogP) is 3.20. The average molecular weight is 323 g/mol. The lowest BCUT2D eigenvalue weighted by molar-refractivity contribution is -0.138. The van der Waals surface area contributed by atoms with Crippen molar-refractivity contribution in [3.8, 4) is 17.6 Å². The van der Waals surface area contributed by atoms with E-state index < -0.39 is 5.97 Å². The Hall–Kier alpha value is -1.78. The molecule has 1 aromatic carbocycles. The number of carbonyl (C=O) groups is 1. The zero-order valence-electron chi connectivity index (χ0n) is 11.8. The van der Waals surface area contributed by atoms with Crippen LogP contribution in [0.2, 0.25) is 0 Å². The van der Waals surface area contributed by atoms with Crippen LogP contribution in [0.1, 0.15) is 6.92 Å². The van der Waals surface area contributed by atoms with E-state index >= 15 is 0 Å². The number of benzene rings is 1. The van der Waals surface area contributed by atoms with Crippen molar-refractivity contribution in [2.24, 2.45) is 0 Å². The molecular formula is C14H13NO4S2. The van der Waals surface area contributed by atoms with Crippen molar-refractivity contribution in [2.75, 3.05) is 20.8 Å². The first-order valence-electron chi connectivity index (χ1n) is 6.08. The number of fused-ring (bicyclic) bond motifs is 1. The van der Waals surface area contributed by atoms with Crippen LogP contribution in [0.3, 0.4) is 0 Å². The first kappa shape index (κ1) is 15.6. The Morgan fingerprint density at radius 1 is 1.19 bits per heavy atom. The lowest BCUT2D eigenvalue weighted by Gasteiger charge is -2.08. The van der Waals surface area contributed by atoms with E-state index in [1.165, 1.54) is 23.5 Å². The van der Waals surface area contributed by atoms with Gasteiger partial charge in [-0.25, -0.2) is 4.79 Å². The van der Waals surface area contributed by atoms with E-state index in [0.29, 0.717) is 15.7 Å². The maximum Gasteiger partial charge on any atom is 0.350 e. The fourth-order valence-electron chi connectivity index (χ4n) is 1.73. The predicted molar refractivity (Wildman–Crippen MR) is 80.5 cm³/mol. The van der Waals surface area contributed by atoms with Gasteiger partial charge in [0.05, 0.1) is 34.9 Å². The van der Waals surface area contributed by atoms with Gasteiger partial charge in [-0.1, -0.05) is 23.5 Å². The largest absolute Gasteiger partial charge is 0.496 e. The molecule has 0 aliphatic carbocycles. The fraction of sp³-hybridized carbons (Fsp3) is 0.286. The van der Waals surface area contributed by atoms with Crippen LogP contribution >= 0.6 is 23.5 Å². The van der Waals surface area contributed by atoms with Crippen molar-refractivity contribution in [3.63, 3.8) is 0 Å². The number of carbonyl (C=O) groups excluding carboxylic acids is 1. The highest BCUT2D eigenvalue weighted by atomic mass is 32.2. The van der Waals surface area contributed by atoms with Crippen LogP contribution in [0, 0.1) is 11.3 Å². The molecule has 1 aliphatic rings. The van der Waals surface area contributed by atoms with Gasteiger partial charge in [-0.15, -0.1) is 0 Å². The Morgan fingerprint density at radius 2 is 1.71 bits per heavy atom. The van der Waals surface area contributed by atoms with Crippen molar-refractivity contribution in [1.29, 1.82) is 5.26 Å². The molecule has 110 valence electrons. The first-order valence-corrected chi connectivity index (χ1v) is 7.71. The van der Waals surface area contributed by atoms with Crippen LogP contribution in [-0.4, -0.2) is 26.8 Å². The molecule has 1 heterocycles. The number of nitriles is 1. The molecule has 0 spiro atoms. The van der Waals surface area contributed by atoms with Crippen LogP contribution in [-0.2, 0) is 9.53 Å². The normalized spacial score (nSPS) is 12.4. The SMILES string of the molecule is CCOC(=O)C(C#N)=C1Sc2c(OC)ccc(OC)c2S1. The Kier molecular flexibility index (Phi) is 5.04. The van der Waals surface area contributed by atoms with E-state index in [1.807, 2.05) is 6.07 Å². The summed E-state index contributed by atoms with van der Waals surface area (Å²) in [7, 11) is 3.15. The van der Waals surface area contributed by atoms with Gasteiger partial charge in [-0.3, -0.25) is 0 Å². The van der Waals surface area contributed by atoms with Gasteiger partial charge in [0.15, 0.2) is 5.57 Å². The van der Waals surface area contributed by atoms with E-state index in [-0.39, 0.29) is 12.2 Å². The van der Waals surface area contributed by atoms with Crippen molar-refractivity contribution in [3.05, 3.63) is 21.9 Å². The molecule has 0 aromatic heterocycles. The van der Waals surface area contributed by atoms with Crippen molar-refractivity contribution in [2.45, 2.75) is 16.7 Å². The number of esters is 1. The van der Waals surface area contributed by atoms with Gasteiger partial charge >= 0.3 is 5.97 Å². The lowest BCUT2D eigenvalue weighted by Crippen LogP contribution is -2.07. The summed E-state index contributed by atoms with van der Waals surface area (Å²) in [5.41, 5.74) is 0.00663. The van der Waals surface area contributed by atoms with Gasteiger partial charge in [-0.2, -0.15) is 5.26 Å². The maximum absolute atomic E-state index is 11.8. The summed E-state index contributed by atoms with van der Waals surface area (Å²) in [4.78, 5) is 13.5. The Bertz CT molecular complexity index is 614. The molecule has 7 heteroatoms. The third kappa shape index (κ3) is 2.96. The van der Waals surface area contributed by atoms with Crippen LogP contribution in [0.5, 0.6) is 11.5 Å². The molecule has 0 fully saturated rings. The molecule has 1 aliphatic heterocycles. The number of rotatable bonds is 4. The summed E-state index contributed by atoms with van der Waals surface area (Å²) in [6.45, 7) is 1.93. The monoisotopic (exact) mass is 323 g/mol. The zero-order valence-corrected chi connectivity index (χ0v) is 13.4. The van der Waals surface area contributed by atoms with Gasteiger partial charge < -0.3 is 14.2 Å². The van der Waals surface area contributed by atoms with Gasteiger partial charge in [0.2, 0.25) is 0 Å². The zero-order chi connectivity index (χ0) is 15.4. The number of ether oxygens (including phenoxy) is 3. The minimum atomic E-state index is -0.610. The quantitative estimate of drug-likeness (QED) is 0.479. The summed E-state index contributed by atoms with van der Waals surface area (Å²) < 4.78 is 16.1. The highest BCUT2D eigenvalue weighted by Gasteiger charge is 2.30. The van der Waals surface area contributed by atoms with Gasteiger partial charge in [0, 0.05) is 0 Å². The van der Waals surface area contributed by atoms with Gasteiger partial charge in [-0.05, 0) is 19.1 Å². The van der Waals surface area contributed by atoms with E-state index in [4.69, 9.17) is 14.2 Å². The number of nitrogens with zero attached hydrogens (tertiary/aromatic N) is 1. The molecule has 2 rings (SSSR count). The molecule has 0 saturated heterocycles. The number of hydrogen-bond donors (Lipinski definition) is 0. The van der Waals surface area contributed by atoms with Crippen LogP contribution in [0.15, 0.2) is 31.7 Å². The van der Waals surface area contributed by atoms with Gasteiger partial charge in [0.1, 0.15) is 17.6 Å². The van der Waals surface area contributed by atoms with Crippen molar-refractivity contribution >= 4 is 29.5 Å². The number of methoxy groups -OCH3 is 2. The minimum Gasteiger partial charge on any atom is -0.496 e. The molecule has 5 nitrogen and oxygen atoms in total. The molecule has 0 bridgehead atoms. The second kappa shape index (κ2) is 6.78. The molecule has 0 amide bonds. The molecule has 0 saturated carbocycles. The summed E-state index contributed by atoms with van der Waals surface area (Å²) in [6.07, 6.45) is 0. The summed E-state index contributed by atoms with van der Waals surface area (Å²) in [6, 6.07) is 5.51. The molecular weight excluding hydrogens is 310 g/mol. The first-order chi connectivity index (χ1) is 10.2. The molecule has 0 unspecified atom stereocenters. The molecule has 0 radical (unpaired) electrons. The van der Waals surface area contributed by atoms with E-state index in [2.05, 4.69) is 0 Å². The standard InChI is InChI=1S/C14H13NO4S2/c1-4-19-13(16)8(7-15)14-20-11-9(17-2)5-6-10(18-3)12(11)21-14/h5-6H,4H2,1-3H3. The third-order valence-corrected chi connectivity index (χ3v) is 5.29.